The Balaban J connectivity index is 1.75. The van der Waals surface area contributed by atoms with Gasteiger partial charge in [-0.05, 0) is 43.3 Å². The van der Waals surface area contributed by atoms with Crippen LogP contribution in [-0.2, 0) is 0 Å². The molecule has 0 unspecified atom stereocenters. The van der Waals surface area contributed by atoms with E-state index in [1.165, 1.54) is 4.90 Å². The van der Waals surface area contributed by atoms with Gasteiger partial charge in [-0.2, -0.15) is 13.2 Å². The minimum absolute atomic E-state index is 0.0533. The number of H-pyrrole nitrogens is 1. The first-order chi connectivity index (χ1) is 10.3. The van der Waals surface area contributed by atoms with Gasteiger partial charge in [0.05, 0.1) is 11.4 Å². The van der Waals surface area contributed by atoms with Crippen molar-refractivity contribution in [2.45, 2.75) is 19.0 Å². The number of alkyl halides is 3. The number of hydrogen-bond donors (Lipinski definition) is 1. The van der Waals surface area contributed by atoms with Crippen LogP contribution in [0.15, 0.2) is 22.6 Å². The second-order valence-corrected chi connectivity index (χ2v) is 5.70. The van der Waals surface area contributed by atoms with Crippen LogP contribution in [0.25, 0.3) is 11.1 Å². The molecule has 0 saturated carbocycles. The summed E-state index contributed by atoms with van der Waals surface area (Å²) in [6.45, 7) is 0.217. The largest absolute Gasteiger partial charge is 0.429 e. The predicted molar refractivity (Wildman–Crippen MR) is 76.1 cm³/mol. The number of fused-ring (bicyclic) bond motifs is 1. The van der Waals surface area contributed by atoms with Crippen molar-refractivity contribution in [3.63, 3.8) is 0 Å². The molecule has 1 amide bonds. The Morgan fingerprint density at radius 2 is 2.00 bits per heavy atom. The summed E-state index contributed by atoms with van der Waals surface area (Å²) in [4.78, 5) is 16.9. The van der Waals surface area contributed by atoms with E-state index >= 15 is 0 Å². The highest BCUT2D eigenvalue weighted by Gasteiger charge is 2.41. The van der Waals surface area contributed by atoms with Crippen molar-refractivity contribution in [2.24, 2.45) is 5.92 Å². The Bertz CT molecular complexity index is 757. The van der Waals surface area contributed by atoms with E-state index in [4.69, 9.17) is 16.6 Å². The smallest absolute Gasteiger partial charge is 0.391 e. The van der Waals surface area contributed by atoms with E-state index in [-0.39, 0.29) is 36.7 Å². The van der Waals surface area contributed by atoms with Crippen LogP contribution in [0, 0.1) is 10.8 Å². The molecule has 0 bridgehead atoms. The van der Waals surface area contributed by atoms with Gasteiger partial charge in [0.15, 0.2) is 5.58 Å². The van der Waals surface area contributed by atoms with Gasteiger partial charge in [0, 0.05) is 18.7 Å². The van der Waals surface area contributed by atoms with Crippen LogP contribution in [0.2, 0.25) is 0 Å². The molecule has 0 spiro atoms. The Hall–Kier alpha value is -1.83. The van der Waals surface area contributed by atoms with Crippen molar-refractivity contribution in [1.82, 2.24) is 9.88 Å². The molecule has 0 aliphatic carbocycles. The van der Waals surface area contributed by atoms with E-state index in [9.17, 15) is 18.0 Å². The fourth-order valence-electron chi connectivity index (χ4n) is 2.67. The van der Waals surface area contributed by atoms with Crippen LogP contribution in [-0.4, -0.2) is 35.1 Å². The number of carbonyl (C=O) groups excluding carboxylic acids is 1. The molecule has 2 heterocycles. The van der Waals surface area contributed by atoms with Gasteiger partial charge in [-0.15, -0.1) is 0 Å². The average molecular weight is 330 g/mol. The normalized spacial score (nSPS) is 17.1. The third kappa shape index (κ3) is 2.87. The molecule has 1 aliphatic heterocycles. The lowest BCUT2D eigenvalue weighted by molar-refractivity contribution is -0.183. The first-order valence-electron chi connectivity index (χ1n) is 6.83. The Kier molecular flexibility index (Phi) is 3.72. The first-order valence-corrected chi connectivity index (χ1v) is 7.24. The van der Waals surface area contributed by atoms with Crippen LogP contribution in [0.3, 0.4) is 0 Å². The molecular weight excluding hydrogens is 317 g/mol. The SMILES string of the molecule is O=C(c1ccc2[nH]c(=S)oc2c1)N1CCC(C(F)(F)F)CC1. The number of halogens is 3. The summed E-state index contributed by atoms with van der Waals surface area (Å²) in [6, 6.07) is 4.84. The second kappa shape index (κ2) is 5.42. The van der Waals surface area contributed by atoms with Gasteiger partial charge in [0.2, 0.25) is 0 Å². The molecule has 22 heavy (non-hydrogen) atoms. The maximum atomic E-state index is 12.6. The molecule has 1 aromatic heterocycles. The van der Waals surface area contributed by atoms with Gasteiger partial charge in [0.25, 0.3) is 10.7 Å². The lowest BCUT2D eigenvalue weighted by atomic mass is 9.96. The summed E-state index contributed by atoms with van der Waals surface area (Å²) in [6.07, 6.45) is -4.29. The minimum Gasteiger partial charge on any atom is -0.429 e. The third-order valence-electron chi connectivity index (χ3n) is 3.91. The summed E-state index contributed by atoms with van der Waals surface area (Å²) in [5.74, 6) is -1.61. The zero-order chi connectivity index (χ0) is 15.9. The lowest BCUT2D eigenvalue weighted by Crippen LogP contribution is -2.42. The van der Waals surface area contributed by atoms with Crippen molar-refractivity contribution in [1.29, 1.82) is 0 Å². The summed E-state index contributed by atoms with van der Waals surface area (Å²) in [5, 5.41) is 0. The van der Waals surface area contributed by atoms with Crippen LogP contribution in [0.4, 0.5) is 13.2 Å². The lowest BCUT2D eigenvalue weighted by Gasteiger charge is -2.32. The molecule has 4 nitrogen and oxygen atoms in total. The minimum atomic E-state index is -4.18. The molecule has 1 fully saturated rings. The zero-order valence-electron chi connectivity index (χ0n) is 11.4. The standard InChI is InChI=1S/C14H13F3N2O2S/c15-14(16,17)9-3-5-19(6-4-9)12(20)8-1-2-10-11(7-8)21-13(22)18-10/h1-2,7,9H,3-6H2,(H,18,22). The van der Waals surface area contributed by atoms with Gasteiger partial charge >= 0.3 is 6.18 Å². The maximum absolute atomic E-state index is 12.6. The Morgan fingerprint density at radius 1 is 1.32 bits per heavy atom. The monoisotopic (exact) mass is 330 g/mol. The molecular formula is C14H13F3N2O2S. The number of aromatic amines is 1. The predicted octanol–water partition coefficient (Wildman–Crippen LogP) is 3.90. The molecule has 1 aliphatic rings. The summed E-state index contributed by atoms with van der Waals surface area (Å²) in [5.41, 5.74) is 1.52. The van der Waals surface area contributed by atoms with Crippen molar-refractivity contribution in [2.75, 3.05) is 13.1 Å². The van der Waals surface area contributed by atoms with E-state index in [0.29, 0.717) is 16.7 Å². The van der Waals surface area contributed by atoms with Gasteiger partial charge in [-0.25, -0.2) is 0 Å². The molecule has 118 valence electrons. The number of amides is 1. The second-order valence-electron chi connectivity index (χ2n) is 5.33. The van der Waals surface area contributed by atoms with E-state index in [1.807, 2.05) is 0 Å². The van der Waals surface area contributed by atoms with E-state index in [1.54, 1.807) is 18.2 Å². The number of carbonyl (C=O) groups is 1. The van der Waals surface area contributed by atoms with E-state index < -0.39 is 12.1 Å². The molecule has 3 rings (SSSR count). The summed E-state index contributed by atoms with van der Waals surface area (Å²) >= 11 is 4.87. The first kappa shape index (κ1) is 15.1. The number of likely N-dealkylation sites (tertiary alicyclic amines) is 1. The molecule has 0 radical (unpaired) electrons. The van der Waals surface area contributed by atoms with E-state index in [0.717, 1.165) is 0 Å². The van der Waals surface area contributed by atoms with Crippen molar-refractivity contribution in [3.05, 3.63) is 28.6 Å². The molecule has 1 saturated heterocycles. The number of oxazole rings is 1. The number of aromatic nitrogens is 1. The average Bonchev–Trinajstić information content (AvgIpc) is 2.84. The van der Waals surface area contributed by atoms with Crippen molar-refractivity contribution in [3.8, 4) is 0 Å². The van der Waals surface area contributed by atoms with Gasteiger partial charge in [-0.1, -0.05) is 0 Å². The highest BCUT2D eigenvalue weighted by Crippen LogP contribution is 2.34. The highest BCUT2D eigenvalue weighted by molar-refractivity contribution is 7.71. The van der Waals surface area contributed by atoms with Crippen molar-refractivity contribution >= 4 is 29.2 Å². The van der Waals surface area contributed by atoms with Crippen molar-refractivity contribution < 1.29 is 22.4 Å². The molecule has 2 aromatic rings. The number of nitrogens with zero attached hydrogens (tertiary/aromatic N) is 1. The van der Waals surface area contributed by atoms with Gasteiger partial charge in [-0.3, -0.25) is 4.79 Å². The maximum Gasteiger partial charge on any atom is 0.391 e. The molecule has 0 atom stereocenters. The molecule has 1 N–H and O–H groups in total. The molecule has 8 heteroatoms. The van der Waals surface area contributed by atoms with Crippen LogP contribution < -0.4 is 0 Å². The number of hydrogen-bond acceptors (Lipinski definition) is 3. The Labute approximate surface area is 128 Å². The van der Waals surface area contributed by atoms with Gasteiger partial charge in [0.1, 0.15) is 0 Å². The Morgan fingerprint density at radius 3 is 2.64 bits per heavy atom. The van der Waals surface area contributed by atoms with Gasteiger partial charge < -0.3 is 14.3 Å². The number of benzene rings is 1. The molecule has 1 aromatic carbocycles. The fraction of sp³-hybridized carbons (Fsp3) is 0.429. The van der Waals surface area contributed by atoms with E-state index in [2.05, 4.69) is 4.98 Å². The fourth-order valence-corrected chi connectivity index (χ4v) is 2.87. The number of nitrogens with one attached hydrogen (secondary N) is 1. The topological polar surface area (TPSA) is 49.2 Å². The van der Waals surface area contributed by atoms with Crippen LogP contribution >= 0.6 is 12.2 Å². The number of rotatable bonds is 1. The zero-order valence-corrected chi connectivity index (χ0v) is 12.3. The van der Waals surface area contributed by atoms with Crippen LogP contribution in [0.5, 0.6) is 0 Å². The highest BCUT2D eigenvalue weighted by atomic mass is 32.1. The van der Waals surface area contributed by atoms with Crippen LogP contribution in [0.1, 0.15) is 23.2 Å². The summed E-state index contributed by atoms with van der Waals surface area (Å²) in [7, 11) is 0. The summed E-state index contributed by atoms with van der Waals surface area (Å²) < 4.78 is 43.2. The third-order valence-corrected chi connectivity index (χ3v) is 4.10. The number of piperidine rings is 1. The quantitative estimate of drug-likeness (QED) is 0.807.